The number of carboxylic acid groups (broad SMARTS) is 1. The number of nitriles is 1. The third-order valence-corrected chi connectivity index (χ3v) is 3.23. The molecule has 1 aromatic carbocycles. The smallest absolute Gasteiger partial charge is 0.329 e. The molecule has 20 heavy (non-hydrogen) atoms. The van der Waals surface area contributed by atoms with Crippen LogP contribution < -0.4 is 10.6 Å². The second-order valence-corrected chi connectivity index (χ2v) is 4.78. The van der Waals surface area contributed by atoms with E-state index in [4.69, 9.17) is 22.0 Å². The highest BCUT2D eigenvalue weighted by Gasteiger charge is 2.32. The first-order valence-electron chi connectivity index (χ1n) is 5.84. The summed E-state index contributed by atoms with van der Waals surface area (Å²) in [5.74, 6) is -1.12. The minimum atomic E-state index is -1.35. The zero-order chi connectivity index (χ0) is 15.3. The van der Waals surface area contributed by atoms with Gasteiger partial charge in [-0.1, -0.05) is 18.5 Å². The Balaban J connectivity index is 2.79. The van der Waals surface area contributed by atoms with Crippen molar-refractivity contribution in [2.45, 2.75) is 25.8 Å². The monoisotopic (exact) mass is 295 g/mol. The van der Waals surface area contributed by atoms with Crippen molar-refractivity contribution in [1.29, 1.82) is 5.26 Å². The molecule has 1 aromatic rings. The molecule has 0 aromatic heterocycles. The van der Waals surface area contributed by atoms with Crippen molar-refractivity contribution in [2.24, 2.45) is 0 Å². The molecule has 7 heteroatoms. The molecule has 3 N–H and O–H groups in total. The fourth-order valence-electron chi connectivity index (χ4n) is 1.39. The van der Waals surface area contributed by atoms with Gasteiger partial charge >= 0.3 is 12.0 Å². The Bertz CT molecular complexity index is 583. The van der Waals surface area contributed by atoms with Gasteiger partial charge in [0.2, 0.25) is 0 Å². The van der Waals surface area contributed by atoms with Gasteiger partial charge in [-0.05, 0) is 31.5 Å². The van der Waals surface area contributed by atoms with Crippen molar-refractivity contribution in [2.75, 3.05) is 5.32 Å². The van der Waals surface area contributed by atoms with Crippen molar-refractivity contribution in [3.8, 4) is 6.07 Å². The average Bonchev–Trinajstić information content (AvgIpc) is 2.38. The molecule has 0 radical (unpaired) electrons. The van der Waals surface area contributed by atoms with Crippen LogP contribution in [-0.2, 0) is 4.79 Å². The number of carbonyl (C=O) groups excluding carboxylic acids is 1. The summed E-state index contributed by atoms with van der Waals surface area (Å²) in [4.78, 5) is 22.8. The number of rotatable bonds is 4. The van der Waals surface area contributed by atoms with Crippen LogP contribution >= 0.6 is 11.6 Å². The number of urea groups is 1. The summed E-state index contributed by atoms with van der Waals surface area (Å²) in [5, 5.41) is 22.9. The third-order valence-electron chi connectivity index (χ3n) is 2.92. The molecule has 0 aliphatic rings. The van der Waals surface area contributed by atoms with Crippen LogP contribution in [0.2, 0.25) is 5.02 Å². The fraction of sp³-hybridized carbons (Fsp3) is 0.308. The number of carbonyl (C=O) groups is 2. The molecule has 0 heterocycles. The number of halogens is 1. The molecule has 1 atom stereocenters. The maximum Gasteiger partial charge on any atom is 0.329 e. The molecule has 1 rings (SSSR count). The topological polar surface area (TPSA) is 102 Å². The van der Waals surface area contributed by atoms with Gasteiger partial charge in [0.25, 0.3) is 0 Å². The Kier molecular flexibility index (Phi) is 4.94. The first-order valence-corrected chi connectivity index (χ1v) is 6.22. The Morgan fingerprint density at radius 3 is 2.60 bits per heavy atom. The molecule has 0 spiro atoms. The van der Waals surface area contributed by atoms with E-state index >= 15 is 0 Å². The van der Waals surface area contributed by atoms with Crippen LogP contribution in [-0.4, -0.2) is 22.6 Å². The Labute approximate surface area is 121 Å². The predicted molar refractivity (Wildman–Crippen MR) is 74.7 cm³/mol. The highest BCUT2D eigenvalue weighted by atomic mass is 35.5. The summed E-state index contributed by atoms with van der Waals surface area (Å²) in [7, 11) is 0. The molecule has 1 unspecified atom stereocenters. The Morgan fingerprint density at radius 1 is 1.50 bits per heavy atom. The van der Waals surface area contributed by atoms with Gasteiger partial charge in [-0.25, -0.2) is 9.59 Å². The predicted octanol–water partition coefficient (Wildman–Crippen LogP) is 2.59. The summed E-state index contributed by atoms with van der Waals surface area (Å²) < 4.78 is 0. The van der Waals surface area contributed by atoms with E-state index in [1.807, 2.05) is 6.07 Å². The number of benzene rings is 1. The lowest BCUT2D eigenvalue weighted by Crippen LogP contribution is -2.53. The number of nitrogens with zero attached hydrogens (tertiary/aromatic N) is 1. The van der Waals surface area contributed by atoms with E-state index in [-0.39, 0.29) is 11.4 Å². The summed E-state index contributed by atoms with van der Waals surface area (Å²) in [6.45, 7) is 3.08. The third kappa shape index (κ3) is 3.62. The van der Waals surface area contributed by atoms with Crippen molar-refractivity contribution >= 4 is 29.3 Å². The van der Waals surface area contributed by atoms with Crippen LogP contribution in [0.3, 0.4) is 0 Å². The van der Waals surface area contributed by atoms with Gasteiger partial charge in [0.15, 0.2) is 0 Å². The lowest BCUT2D eigenvalue weighted by molar-refractivity contribution is -0.143. The standard InChI is InChI=1S/C13H14ClN3O3/c1-3-13(2,11(18)19)17-12(20)16-9-5-4-8(7-15)10(14)6-9/h4-6H,3H2,1-2H3,(H,18,19)(H2,16,17,20). The minimum absolute atomic E-state index is 0.210. The number of nitrogens with one attached hydrogen (secondary N) is 2. The van der Waals surface area contributed by atoms with Crippen molar-refractivity contribution in [3.05, 3.63) is 28.8 Å². The second-order valence-electron chi connectivity index (χ2n) is 4.38. The zero-order valence-corrected chi connectivity index (χ0v) is 11.8. The van der Waals surface area contributed by atoms with Crippen molar-refractivity contribution < 1.29 is 14.7 Å². The maximum atomic E-state index is 11.8. The van der Waals surface area contributed by atoms with E-state index in [0.717, 1.165) is 0 Å². The normalized spacial score (nSPS) is 12.9. The van der Waals surface area contributed by atoms with E-state index in [0.29, 0.717) is 11.3 Å². The quantitative estimate of drug-likeness (QED) is 0.794. The van der Waals surface area contributed by atoms with E-state index in [1.165, 1.54) is 25.1 Å². The van der Waals surface area contributed by atoms with Crippen LogP contribution in [0, 0.1) is 11.3 Å². The number of hydrogen-bond acceptors (Lipinski definition) is 3. The van der Waals surface area contributed by atoms with Crippen LogP contribution in [0.5, 0.6) is 0 Å². The van der Waals surface area contributed by atoms with Gasteiger partial charge in [-0.2, -0.15) is 5.26 Å². The molecule has 6 nitrogen and oxygen atoms in total. The van der Waals surface area contributed by atoms with E-state index in [2.05, 4.69) is 10.6 Å². The van der Waals surface area contributed by atoms with Gasteiger partial charge in [0, 0.05) is 5.69 Å². The molecule has 0 saturated heterocycles. The molecular formula is C13H14ClN3O3. The number of amides is 2. The lowest BCUT2D eigenvalue weighted by Gasteiger charge is -2.24. The molecule has 0 aliphatic carbocycles. The van der Waals surface area contributed by atoms with Gasteiger partial charge in [-0.3, -0.25) is 0 Å². The summed E-state index contributed by atoms with van der Waals surface area (Å²) in [6.07, 6.45) is 0.240. The van der Waals surface area contributed by atoms with Crippen LogP contribution in [0.25, 0.3) is 0 Å². The summed E-state index contributed by atoms with van der Waals surface area (Å²) in [5.41, 5.74) is -0.683. The van der Waals surface area contributed by atoms with Crippen LogP contribution in [0.1, 0.15) is 25.8 Å². The van der Waals surface area contributed by atoms with E-state index in [9.17, 15) is 9.59 Å². The highest BCUT2D eigenvalue weighted by molar-refractivity contribution is 6.32. The lowest BCUT2D eigenvalue weighted by atomic mass is 10.00. The molecule has 106 valence electrons. The summed E-state index contributed by atoms with van der Waals surface area (Å²) >= 11 is 5.84. The van der Waals surface area contributed by atoms with Crippen molar-refractivity contribution in [3.63, 3.8) is 0 Å². The molecule has 0 bridgehead atoms. The highest BCUT2D eigenvalue weighted by Crippen LogP contribution is 2.20. The fourth-order valence-corrected chi connectivity index (χ4v) is 1.61. The van der Waals surface area contributed by atoms with Gasteiger partial charge < -0.3 is 15.7 Å². The zero-order valence-electron chi connectivity index (χ0n) is 11.0. The minimum Gasteiger partial charge on any atom is -0.480 e. The van der Waals surface area contributed by atoms with Crippen molar-refractivity contribution in [1.82, 2.24) is 5.32 Å². The van der Waals surface area contributed by atoms with Crippen LogP contribution in [0.4, 0.5) is 10.5 Å². The number of aliphatic carboxylic acids is 1. The first-order chi connectivity index (χ1) is 9.32. The molecule has 2 amide bonds. The number of anilines is 1. The second kappa shape index (κ2) is 6.26. The Morgan fingerprint density at radius 2 is 2.15 bits per heavy atom. The molecule has 0 aliphatic heterocycles. The van der Waals surface area contributed by atoms with E-state index < -0.39 is 17.5 Å². The molecule has 0 saturated carbocycles. The molecular weight excluding hydrogens is 282 g/mol. The number of hydrogen-bond donors (Lipinski definition) is 3. The Hall–Kier alpha value is -2.26. The SMILES string of the molecule is CCC(C)(NC(=O)Nc1ccc(C#N)c(Cl)c1)C(=O)O. The maximum absolute atomic E-state index is 11.8. The molecule has 0 fully saturated rings. The largest absolute Gasteiger partial charge is 0.480 e. The first kappa shape index (κ1) is 15.8. The van der Waals surface area contributed by atoms with Gasteiger partial charge in [0.05, 0.1) is 10.6 Å². The van der Waals surface area contributed by atoms with Gasteiger partial charge in [0.1, 0.15) is 11.6 Å². The summed E-state index contributed by atoms with van der Waals surface area (Å²) in [6, 6.07) is 5.64. The van der Waals surface area contributed by atoms with Crippen LogP contribution in [0.15, 0.2) is 18.2 Å². The van der Waals surface area contributed by atoms with E-state index in [1.54, 1.807) is 6.92 Å². The van der Waals surface area contributed by atoms with Gasteiger partial charge in [-0.15, -0.1) is 0 Å². The number of carboxylic acids is 1. The average molecular weight is 296 g/mol.